The third kappa shape index (κ3) is 3.44. The lowest BCUT2D eigenvalue weighted by Gasteiger charge is -2.34. The van der Waals surface area contributed by atoms with Gasteiger partial charge in [0.1, 0.15) is 0 Å². The van der Waals surface area contributed by atoms with Crippen molar-refractivity contribution in [1.29, 1.82) is 0 Å². The van der Waals surface area contributed by atoms with Gasteiger partial charge in [-0.1, -0.05) is 18.2 Å². The zero-order valence-corrected chi connectivity index (χ0v) is 16.6. The van der Waals surface area contributed by atoms with Crippen molar-refractivity contribution < 1.29 is 27.8 Å². The van der Waals surface area contributed by atoms with Crippen molar-refractivity contribution in [3.8, 4) is 11.5 Å². The van der Waals surface area contributed by atoms with Crippen LogP contribution in [0.25, 0.3) is 0 Å². The number of hydrogen-bond donors (Lipinski definition) is 1. The molecule has 7 heteroatoms. The molecule has 1 aliphatic carbocycles. The van der Waals surface area contributed by atoms with Gasteiger partial charge in [-0.2, -0.15) is 0 Å². The van der Waals surface area contributed by atoms with Crippen LogP contribution < -0.4 is 14.8 Å². The van der Waals surface area contributed by atoms with Crippen LogP contribution in [0.3, 0.4) is 0 Å². The molecule has 0 unspecified atom stereocenters. The number of carbonyl (C=O) groups is 2. The number of ether oxygens (including phenoxy) is 2. The van der Waals surface area contributed by atoms with E-state index in [2.05, 4.69) is 5.32 Å². The number of hydrogen-bond acceptors (Lipinski definition) is 4. The van der Waals surface area contributed by atoms with Crippen LogP contribution in [-0.2, 0) is 9.59 Å². The lowest BCUT2D eigenvalue weighted by atomic mass is 9.73. The predicted octanol–water partition coefficient (Wildman–Crippen LogP) is 3.99. The number of Topliss-reactive ketones (excluding diaryl/α,β-unsaturated/α-hetero) is 1. The first-order chi connectivity index (χ1) is 14.4. The molecule has 0 saturated heterocycles. The Morgan fingerprint density at radius 1 is 0.967 bits per heavy atom. The molecule has 2 atom stereocenters. The van der Waals surface area contributed by atoms with E-state index in [1.807, 2.05) is 12.1 Å². The number of ketones is 1. The molecule has 4 rings (SSSR count). The molecule has 2 aliphatic rings. The third-order valence-corrected chi connectivity index (χ3v) is 5.77. The molecule has 0 fully saturated rings. The number of allylic oxidation sites excluding steroid dienone is 2. The predicted molar refractivity (Wildman–Crippen MR) is 105 cm³/mol. The average molecular weight is 413 g/mol. The van der Waals surface area contributed by atoms with Crippen LogP contribution in [-0.4, -0.2) is 25.9 Å². The standard InChI is InChI=1S/C23H21F2NO4/c1-29-19-7-6-12(10-20(19)30-2)13-8-17-22(18(27)9-13)15(11-21(28)26-17)14-4-3-5-16(24)23(14)25/h3-7,10,13,15H,8-9,11H2,1-2H3,(H,26,28)/t13-,15-/m1/s1. The SMILES string of the molecule is COc1ccc([C@H]2CC(=O)C3=C(C2)NC(=O)C[C@@H]3c2cccc(F)c2F)cc1OC. The quantitative estimate of drug-likeness (QED) is 0.823. The molecule has 156 valence electrons. The highest BCUT2D eigenvalue weighted by Crippen LogP contribution is 2.44. The van der Waals surface area contributed by atoms with E-state index in [4.69, 9.17) is 9.47 Å². The van der Waals surface area contributed by atoms with E-state index < -0.39 is 17.6 Å². The summed E-state index contributed by atoms with van der Waals surface area (Å²) in [7, 11) is 3.08. The summed E-state index contributed by atoms with van der Waals surface area (Å²) in [4.78, 5) is 25.4. The van der Waals surface area contributed by atoms with Gasteiger partial charge in [0.15, 0.2) is 28.9 Å². The second-order valence-electron chi connectivity index (χ2n) is 7.48. The lowest BCUT2D eigenvalue weighted by Crippen LogP contribution is -2.38. The summed E-state index contributed by atoms with van der Waals surface area (Å²) < 4.78 is 38.8. The van der Waals surface area contributed by atoms with E-state index in [1.165, 1.54) is 19.2 Å². The molecule has 2 aromatic carbocycles. The molecule has 0 spiro atoms. The van der Waals surface area contributed by atoms with Gasteiger partial charge in [-0.05, 0) is 41.7 Å². The summed E-state index contributed by atoms with van der Waals surface area (Å²) in [6.07, 6.45) is 0.527. The maximum absolute atomic E-state index is 14.4. The van der Waals surface area contributed by atoms with Crippen LogP contribution in [0.1, 0.15) is 42.2 Å². The molecule has 1 aliphatic heterocycles. The summed E-state index contributed by atoms with van der Waals surface area (Å²) >= 11 is 0. The topological polar surface area (TPSA) is 64.6 Å². The monoisotopic (exact) mass is 413 g/mol. The van der Waals surface area contributed by atoms with Gasteiger partial charge in [0.2, 0.25) is 5.91 Å². The van der Waals surface area contributed by atoms with Gasteiger partial charge in [0.05, 0.1) is 14.2 Å². The Bertz CT molecular complexity index is 1060. The van der Waals surface area contributed by atoms with E-state index in [1.54, 1.807) is 13.2 Å². The van der Waals surface area contributed by atoms with E-state index in [0.29, 0.717) is 29.2 Å². The van der Waals surface area contributed by atoms with Crippen molar-refractivity contribution in [1.82, 2.24) is 5.32 Å². The van der Waals surface area contributed by atoms with E-state index >= 15 is 0 Å². The zero-order chi connectivity index (χ0) is 21.4. The highest BCUT2D eigenvalue weighted by atomic mass is 19.2. The van der Waals surface area contributed by atoms with Gasteiger partial charge >= 0.3 is 0 Å². The summed E-state index contributed by atoms with van der Waals surface area (Å²) in [5.41, 5.74) is 1.77. The number of rotatable bonds is 4. The molecule has 30 heavy (non-hydrogen) atoms. The Hall–Kier alpha value is -3.22. The second-order valence-corrected chi connectivity index (χ2v) is 7.48. The van der Waals surface area contributed by atoms with Gasteiger partial charge in [-0.3, -0.25) is 9.59 Å². The van der Waals surface area contributed by atoms with Gasteiger partial charge in [0.25, 0.3) is 0 Å². The molecule has 1 amide bonds. The van der Waals surface area contributed by atoms with Crippen LogP contribution in [0.2, 0.25) is 0 Å². The number of benzene rings is 2. The van der Waals surface area contributed by atoms with Crippen LogP contribution in [0, 0.1) is 11.6 Å². The fraction of sp³-hybridized carbons (Fsp3) is 0.304. The average Bonchev–Trinajstić information content (AvgIpc) is 2.74. The van der Waals surface area contributed by atoms with E-state index in [-0.39, 0.29) is 36.0 Å². The van der Waals surface area contributed by atoms with Crippen molar-refractivity contribution in [2.24, 2.45) is 0 Å². The Morgan fingerprint density at radius 3 is 2.47 bits per heavy atom. The molecule has 0 saturated carbocycles. The zero-order valence-electron chi connectivity index (χ0n) is 16.6. The van der Waals surface area contributed by atoms with Crippen molar-refractivity contribution >= 4 is 11.7 Å². The molecule has 1 N–H and O–H groups in total. The summed E-state index contributed by atoms with van der Waals surface area (Å²) in [5, 5.41) is 2.78. The van der Waals surface area contributed by atoms with Gasteiger partial charge < -0.3 is 14.8 Å². The molecule has 1 heterocycles. The minimum absolute atomic E-state index is 0.0373. The molecular weight excluding hydrogens is 392 g/mol. The van der Waals surface area contributed by atoms with Crippen LogP contribution >= 0.6 is 0 Å². The van der Waals surface area contributed by atoms with Crippen LogP contribution in [0.15, 0.2) is 47.7 Å². The minimum atomic E-state index is -1.01. The molecule has 2 aromatic rings. The lowest BCUT2D eigenvalue weighted by molar-refractivity contribution is -0.122. The maximum atomic E-state index is 14.4. The first kappa shape index (κ1) is 20.1. The highest BCUT2D eigenvalue weighted by Gasteiger charge is 2.39. The Kier molecular flexibility index (Phi) is 5.28. The van der Waals surface area contributed by atoms with Crippen molar-refractivity contribution in [2.45, 2.75) is 31.1 Å². The number of methoxy groups -OCH3 is 2. The maximum Gasteiger partial charge on any atom is 0.225 e. The molecule has 0 bridgehead atoms. The number of carbonyl (C=O) groups excluding carboxylic acids is 2. The largest absolute Gasteiger partial charge is 0.493 e. The number of amides is 1. The highest BCUT2D eigenvalue weighted by molar-refractivity contribution is 6.02. The summed E-state index contributed by atoms with van der Waals surface area (Å²) in [6, 6.07) is 9.29. The summed E-state index contributed by atoms with van der Waals surface area (Å²) in [5.74, 6) is -2.33. The normalized spacial score (nSPS) is 21.2. The van der Waals surface area contributed by atoms with Crippen molar-refractivity contribution in [3.05, 3.63) is 70.4 Å². The van der Waals surface area contributed by atoms with E-state index in [0.717, 1.165) is 11.6 Å². The fourth-order valence-corrected chi connectivity index (χ4v) is 4.36. The first-order valence-electron chi connectivity index (χ1n) is 9.64. The van der Waals surface area contributed by atoms with Crippen molar-refractivity contribution in [2.75, 3.05) is 14.2 Å². The molecule has 0 radical (unpaired) electrons. The molecule has 5 nitrogen and oxygen atoms in total. The van der Waals surface area contributed by atoms with E-state index in [9.17, 15) is 18.4 Å². The number of halogens is 2. The Morgan fingerprint density at radius 2 is 1.73 bits per heavy atom. The van der Waals surface area contributed by atoms with Gasteiger partial charge in [-0.25, -0.2) is 8.78 Å². The van der Waals surface area contributed by atoms with Crippen LogP contribution in [0.5, 0.6) is 11.5 Å². The Labute approximate surface area is 172 Å². The molecular formula is C23H21F2NO4. The third-order valence-electron chi connectivity index (χ3n) is 5.77. The molecule has 0 aromatic heterocycles. The number of nitrogens with one attached hydrogen (secondary N) is 1. The minimum Gasteiger partial charge on any atom is -0.493 e. The fourth-order valence-electron chi connectivity index (χ4n) is 4.36. The second kappa shape index (κ2) is 7.89. The summed E-state index contributed by atoms with van der Waals surface area (Å²) in [6.45, 7) is 0. The smallest absolute Gasteiger partial charge is 0.225 e. The van der Waals surface area contributed by atoms with Crippen molar-refractivity contribution in [3.63, 3.8) is 0 Å². The van der Waals surface area contributed by atoms with Crippen LogP contribution in [0.4, 0.5) is 8.78 Å². The van der Waals surface area contributed by atoms with Gasteiger partial charge in [-0.15, -0.1) is 0 Å². The first-order valence-corrected chi connectivity index (χ1v) is 9.64. The van der Waals surface area contributed by atoms with Gasteiger partial charge in [0, 0.05) is 30.0 Å². The Balaban J connectivity index is 1.72.